The van der Waals surface area contributed by atoms with Crippen LogP contribution in [0.3, 0.4) is 0 Å². The van der Waals surface area contributed by atoms with Crippen molar-refractivity contribution in [3.63, 3.8) is 0 Å². The molecule has 0 saturated heterocycles. The van der Waals surface area contributed by atoms with Crippen LogP contribution in [-0.4, -0.2) is 42.9 Å². The van der Waals surface area contributed by atoms with Crippen molar-refractivity contribution in [2.45, 2.75) is 39.5 Å². The number of ether oxygens (including phenoxy) is 1. The summed E-state index contributed by atoms with van der Waals surface area (Å²) in [7, 11) is 1.67. The van der Waals surface area contributed by atoms with Gasteiger partial charge in [-0.25, -0.2) is 0 Å². The van der Waals surface area contributed by atoms with E-state index in [-0.39, 0.29) is 24.2 Å². The lowest BCUT2D eigenvalue weighted by Gasteiger charge is -2.27. The molecule has 1 aromatic carbocycles. The fourth-order valence-corrected chi connectivity index (χ4v) is 4.00. The molecule has 8 nitrogen and oxygen atoms in total. The summed E-state index contributed by atoms with van der Waals surface area (Å²) in [5.74, 6) is -0.719. The number of nitrogens with two attached hydrogens (primary N) is 1. The number of carbonyl (C=O) groups excluding carboxylic acids is 3. The first-order valence-electron chi connectivity index (χ1n) is 10.7. The maximum absolute atomic E-state index is 13.0. The van der Waals surface area contributed by atoms with Crippen LogP contribution in [0.2, 0.25) is 0 Å². The van der Waals surface area contributed by atoms with Crippen LogP contribution in [0.1, 0.15) is 45.1 Å². The number of nitrogens with zero attached hydrogens (tertiary/aromatic N) is 3. The first-order chi connectivity index (χ1) is 15.2. The van der Waals surface area contributed by atoms with E-state index < -0.39 is 17.2 Å². The highest BCUT2D eigenvalue weighted by Gasteiger charge is 2.45. The summed E-state index contributed by atoms with van der Waals surface area (Å²) in [6, 6.07) is 8.99. The molecule has 2 heterocycles. The van der Waals surface area contributed by atoms with Gasteiger partial charge in [0.05, 0.1) is 23.9 Å². The molecular weight excluding hydrogens is 444 g/mol. The summed E-state index contributed by atoms with van der Waals surface area (Å²) in [4.78, 5) is 44.9. The van der Waals surface area contributed by atoms with Crippen molar-refractivity contribution in [1.82, 2.24) is 4.98 Å². The third-order valence-electron chi connectivity index (χ3n) is 5.87. The van der Waals surface area contributed by atoms with E-state index in [9.17, 15) is 14.4 Å². The molecule has 0 bridgehead atoms. The molecule has 0 radical (unpaired) electrons. The summed E-state index contributed by atoms with van der Waals surface area (Å²) in [6.07, 6.45) is 4.45. The van der Waals surface area contributed by atoms with Crippen molar-refractivity contribution >= 4 is 41.5 Å². The average Bonchev–Trinajstić information content (AvgIpc) is 2.83. The maximum atomic E-state index is 13.0. The SMILES string of the molecule is CCN1C(=O)C(C)(C)C(=O)N(C)c2cc(OCCCC(C(N)=O)c3cccnc3)ccc21.Cl. The lowest BCUT2D eigenvalue weighted by Crippen LogP contribution is -2.47. The molecule has 0 aliphatic carbocycles. The Labute approximate surface area is 200 Å². The fraction of sp³-hybridized carbons (Fsp3) is 0.417. The van der Waals surface area contributed by atoms with Gasteiger partial charge in [-0.2, -0.15) is 0 Å². The molecule has 0 saturated carbocycles. The van der Waals surface area contributed by atoms with Crippen molar-refractivity contribution in [1.29, 1.82) is 0 Å². The highest BCUT2D eigenvalue weighted by molar-refractivity contribution is 6.20. The van der Waals surface area contributed by atoms with Crippen LogP contribution >= 0.6 is 12.4 Å². The van der Waals surface area contributed by atoms with Gasteiger partial charge in [0.15, 0.2) is 0 Å². The molecule has 1 aromatic heterocycles. The smallest absolute Gasteiger partial charge is 0.242 e. The van der Waals surface area contributed by atoms with Crippen LogP contribution in [0, 0.1) is 5.41 Å². The van der Waals surface area contributed by atoms with E-state index in [1.54, 1.807) is 62.5 Å². The second-order valence-electron chi connectivity index (χ2n) is 8.42. The Morgan fingerprint density at radius 2 is 1.91 bits per heavy atom. The van der Waals surface area contributed by atoms with E-state index in [1.807, 2.05) is 13.0 Å². The van der Waals surface area contributed by atoms with Crippen LogP contribution in [0.4, 0.5) is 11.4 Å². The molecule has 1 aliphatic heterocycles. The van der Waals surface area contributed by atoms with E-state index >= 15 is 0 Å². The molecule has 1 unspecified atom stereocenters. The normalized spacial score (nSPS) is 15.9. The predicted octanol–water partition coefficient (Wildman–Crippen LogP) is 3.29. The van der Waals surface area contributed by atoms with Gasteiger partial charge in [0, 0.05) is 32.1 Å². The van der Waals surface area contributed by atoms with Gasteiger partial charge < -0.3 is 20.3 Å². The number of pyridine rings is 1. The van der Waals surface area contributed by atoms with Gasteiger partial charge in [-0.1, -0.05) is 6.07 Å². The van der Waals surface area contributed by atoms with Crippen LogP contribution in [0.15, 0.2) is 42.7 Å². The van der Waals surface area contributed by atoms with E-state index in [4.69, 9.17) is 10.5 Å². The second-order valence-corrected chi connectivity index (χ2v) is 8.42. The van der Waals surface area contributed by atoms with Gasteiger partial charge in [-0.05, 0) is 57.4 Å². The zero-order valence-electron chi connectivity index (χ0n) is 19.4. The van der Waals surface area contributed by atoms with E-state index in [2.05, 4.69) is 4.98 Å². The Hall–Kier alpha value is -3.13. The molecule has 3 amide bonds. The summed E-state index contributed by atoms with van der Waals surface area (Å²) >= 11 is 0. The van der Waals surface area contributed by atoms with Crippen molar-refractivity contribution in [3.05, 3.63) is 48.3 Å². The van der Waals surface area contributed by atoms with E-state index in [0.29, 0.717) is 43.1 Å². The van der Waals surface area contributed by atoms with Gasteiger partial charge in [0.25, 0.3) is 0 Å². The third-order valence-corrected chi connectivity index (χ3v) is 5.87. The summed E-state index contributed by atoms with van der Waals surface area (Å²) in [5.41, 5.74) is 6.50. The van der Waals surface area contributed by atoms with Crippen LogP contribution in [0.25, 0.3) is 0 Å². The monoisotopic (exact) mass is 474 g/mol. The Bertz CT molecular complexity index is 1010. The third kappa shape index (κ3) is 5.27. The lowest BCUT2D eigenvalue weighted by molar-refractivity contribution is -0.137. The Balaban J connectivity index is 0.00000385. The molecule has 2 N–H and O–H groups in total. The number of hydrogen-bond acceptors (Lipinski definition) is 5. The molecule has 3 rings (SSSR count). The van der Waals surface area contributed by atoms with E-state index in [1.165, 1.54) is 4.90 Å². The van der Waals surface area contributed by atoms with Gasteiger partial charge >= 0.3 is 0 Å². The van der Waals surface area contributed by atoms with Gasteiger partial charge in [-0.3, -0.25) is 19.4 Å². The number of aromatic nitrogens is 1. The standard InChI is InChI=1S/C24H30N4O4.ClH/c1-5-28-19-11-10-17(14-20(19)27(4)22(30)24(2,3)23(28)31)32-13-7-9-18(21(25)29)16-8-6-12-26-15-16;/h6,8,10-12,14-15,18H,5,7,9,13H2,1-4H3,(H2,25,29);1H. The number of benzene rings is 1. The minimum atomic E-state index is -1.15. The van der Waals surface area contributed by atoms with Crippen molar-refractivity contribution < 1.29 is 19.1 Å². The number of rotatable bonds is 8. The number of amides is 3. The highest BCUT2D eigenvalue weighted by atomic mass is 35.5. The maximum Gasteiger partial charge on any atom is 0.242 e. The number of halogens is 1. The minimum Gasteiger partial charge on any atom is -0.494 e. The summed E-state index contributed by atoms with van der Waals surface area (Å²) in [6.45, 7) is 6.02. The largest absolute Gasteiger partial charge is 0.494 e. The van der Waals surface area contributed by atoms with E-state index in [0.717, 1.165) is 5.56 Å². The second kappa shape index (κ2) is 10.7. The van der Waals surface area contributed by atoms with Crippen molar-refractivity contribution in [3.8, 4) is 5.75 Å². The molecule has 178 valence electrons. The number of primary amides is 1. The molecular formula is C24H31ClN4O4. The Kier molecular flexibility index (Phi) is 8.44. The zero-order chi connectivity index (χ0) is 23.5. The molecule has 33 heavy (non-hydrogen) atoms. The molecule has 2 aromatic rings. The minimum absolute atomic E-state index is 0. The summed E-state index contributed by atoms with van der Waals surface area (Å²) < 4.78 is 5.90. The quantitative estimate of drug-likeness (QED) is 0.466. The first kappa shape index (κ1) is 26.1. The number of hydrogen-bond donors (Lipinski definition) is 1. The zero-order valence-corrected chi connectivity index (χ0v) is 20.2. The molecule has 9 heteroatoms. The first-order valence-corrected chi connectivity index (χ1v) is 10.7. The molecule has 0 fully saturated rings. The topological polar surface area (TPSA) is 106 Å². The van der Waals surface area contributed by atoms with Gasteiger partial charge in [0.2, 0.25) is 17.7 Å². The molecule has 1 aliphatic rings. The van der Waals surface area contributed by atoms with Crippen molar-refractivity contribution in [2.75, 3.05) is 30.0 Å². The Morgan fingerprint density at radius 3 is 2.52 bits per heavy atom. The fourth-order valence-electron chi connectivity index (χ4n) is 4.00. The average molecular weight is 475 g/mol. The lowest BCUT2D eigenvalue weighted by atomic mass is 9.90. The highest BCUT2D eigenvalue weighted by Crippen LogP contribution is 2.40. The predicted molar refractivity (Wildman–Crippen MR) is 130 cm³/mol. The molecule has 1 atom stereocenters. The number of anilines is 2. The van der Waals surface area contributed by atoms with Gasteiger partial charge in [-0.15, -0.1) is 12.4 Å². The van der Waals surface area contributed by atoms with Crippen molar-refractivity contribution in [2.24, 2.45) is 11.1 Å². The summed E-state index contributed by atoms with van der Waals surface area (Å²) in [5, 5.41) is 0. The van der Waals surface area contributed by atoms with Crippen LogP contribution in [0.5, 0.6) is 5.75 Å². The number of fused-ring (bicyclic) bond motifs is 1. The Morgan fingerprint density at radius 1 is 1.18 bits per heavy atom. The van der Waals surface area contributed by atoms with Crippen LogP contribution < -0.4 is 20.3 Å². The molecule has 0 spiro atoms. The van der Waals surface area contributed by atoms with Crippen LogP contribution in [-0.2, 0) is 14.4 Å². The van der Waals surface area contributed by atoms with Gasteiger partial charge in [0.1, 0.15) is 11.2 Å². The number of carbonyl (C=O) groups is 3.